The van der Waals surface area contributed by atoms with Crippen molar-refractivity contribution >= 4 is 10.8 Å². The lowest BCUT2D eigenvalue weighted by atomic mass is 9.64. The summed E-state index contributed by atoms with van der Waals surface area (Å²) in [7, 11) is 0. The number of aromatic nitrogens is 1. The molecule has 102 valence electrons. The molecule has 1 aromatic carbocycles. The Kier molecular flexibility index (Phi) is 3.42. The van der Waals surface area contributed by atoms with Gasteiger partial charge in [-0.05, 0) is 22.3 Å². The molecule has 0 N–H and O–H groups in total. The molecule has 2 aromatic rings. The molecule has 1 heteroatoms. The van der Waals surface area contributed by atoms with Gasteiger partial charge >= 0.3 is 0 Å². The van der Waals surface area contributed by atoms with Crippen molar-refractivity contribution in [3.05, 3.63) is 42.2 Å². The Morgan fingerprint density at radius 3 is 2.00 bits per heavy atom. The lowest BCUT2D eigenvalue weighted by Crippen LogP contribution is -2.31. The van der Waals surface area contributed by atoms with E-state index in [4.69, 9.17) is 4.98 Å². The predicted molar refractivity (Wildman–Crippen MR) is 83.4 cm³/mol. The van der Waals surface area contributed by atoms with Gasteiger partial charge in [-0.25, -0.2) is 0 Å². The average molecular weight is 255 g/mol. The van der Waals surface area contributed by atoms with Gasteiger partial charge in [0, 0.05) is 17.5 Å². The molecule has 2 rings (SSSR count). The third kappa shape index (κ3) is 2.80. The third-order valence-electron chi connectivity index (χ3n) is 3.71. The summed E-state index contributed by atoms with van der Waals surface area (Å²) in [5.41, 5.74) is 1.61. The molecule has 0 unspecified atom stereocenters. The van der Waals surface area contributed by atoms with E-state index in [-0.39, 0.29) is 10.8 Å². The average Bonchev–Trinajstić information content (AvgIpc) is 2.25. The van der Waals surface area contributed by atoms with E-state index < -0.39 is 0 Å². The van der Waals surface area contributed by atoms with E-state index in [1.54, 1.807) is 0 Å². The fraction of sp³-hybridized carbons (Fsp3) is 0.500. The monoisotopic (exact) mass is 255 g/mol. The zero-order chi connectivity index (χ0) is 14.3. The quantitative estimate of drug-likeness (QED) is 0.664. The van der Waals surface area contributed by atoms with E-state index in [9.17, 15) is 0 Å². The first kappa shape index (κ1) is 14.0. The van der Waals surface area contributed by atoms with Crippen molar-refractivity contribution in [2.45, 2.75) is 47.5 Å². The first-order chi connectivity index (χ1) is 8.71. The van der Waals surface area contributed by atoms with Crippen molar-refractivity contribution in [3.8, 4) is 0 Å². The Morgan fingerprint density at radius 1 is 0.842 bits per heavy atom. The number of hydrogen-bond acceptors (Lipinski definition) is 1. The summed E-state index contributed by atoms with van der Waals surface area (Å²) >= 11 is 0. The molecular weight excluding hydrogens is 230 g/mol. The van der Waals surface area contributed by atoms with E-state index in [1.807, 2.05) is 6.20 Å². The van der Waals surface area contributed by atoms with Gasteiger partial charge in [0.15, 0.2) is 0 Å². The van der Waals surface area contributed by atoms with Crippen molar-refractivity contribution in [2.24, 2.45) is 10.8 Å². The molecule has 0 fully saturated rings. The van der Waals surface area contributed by atoms with Crippen LogP contribution < -0.4 is 0 Å². The summed E-state index contributed by atoms with van der Waals surface area (Å²) in [6.45, 7) is 13.9. The third-order valence-corrected chi connectivity index (χ3v) is 3.71. The van der Waals surface area contributed by atoms with Crippen LogP contribution in [0.4, 0.5) is 0 Å². The molecule has 0 spiro atoms. The first-order valence-corrected chi connectivity index (χ1v) is 7.05. The molecule has 0 saturated heterocycles. The van der Waals surface area contributed by atoms with Crippen LogP contribution in [-0.2, 0) is 0 Å². The summed E-state index contributed by atoms with van der Waals surface area (Å²) in [6.07, 6.45) is 1.95. The van der Waals surface area contributed by atoms with Gasteiger partial charge in [-0.2, -0.15) is 0 Å². The number of nitrogens with zero attached hydrogens (tertiary/aromatic N) is 1. The Balaban J connectivity index is 2.70. The standard InChI is InChI=1S/C18H25N/c1-17(2,3)16(18(4,5)6)15-14-10-8-7-9-13(14)11-12-19-15/h7-12,16H,1-6H3. The van der Waals surface area contributed by atoms with Gasteiger partial charge in [0.25, 0.3) is 0 Å². The second kappa shape index (κ2) is 4.63. The SMILES string of the molecule is CC(C)(C)C(c1nccc2ccccc12)C(C)(C)C. The van der Waals surface area contributed by atoms with Crippen molar-refractivity contribution in [2.75, 3.05) is 0 Å². The number of benzene rings is 1. The van der Waals surface area contributed by atoms with Crippen LogP contribution >= 0.6 is 0 Å². The molecule has 0 aliphatic carbocycles. The van der Waals surface area contributed by atoms with Gasteiger partial charge in [0.2, 0.25) is 0 Å². The normalized spacial score (nSPS) is 13.2. The van der Waals surface area contributed by atoms with Gasteiger partial charge in [-0.1, -0.05) is 65.8 Å². The fourth-order valence-corrected chi connectivity index (χ4v) is 3.49. The van der Waals surface area contributed by atoms with Crippen LogP contribution in [0.5, 0.6) is 0 Å². The number of fused-ring (bicyclic) bond motifs is 1. The van der Waals surface area contributed by atoms with Crippen molar-refractivity contribution in [3.63, 3.8) is 0 Å². The Morgan fingerprint density at radius 2 is 1.42 bits per heavy atom. The van der Waals surface area contributed by atoms with E-state index >= 15 is 0 Å². The Hall–Kier alpha value is -1.37. The molecule has 1 heterocycles. The van der Waals surface area contributed by atoms with Crippen molar-refractivity contribution in [1.29, 1.82) is 0 Å². The van der Waals surface area contributed by atoms with Crippen LogP contribution in [-0.4, -0.2) is 4.98 Å². The highest BCUT2D eigenvalue weighted by molar-refractivity contribution is 5.84. The van der Waals surface area contributed by atoms with E-state index in [2.05, 4.69) is 71.9 Å². The van der Waals surface area contributed by atoms with Crippen LogP contribution in [0.25, 0.3) is 10.8 Å². The molecular formula is C18H25N. The van der Waals surface area contributed by atoms with Gasteiger partial charge in [0.05, 0.1) is 5.69 Å². The lowest BCUT2D eigenvalue weighted by molar-refractivity contribution is 0.173. The van der Waals surface area contributed by atoms with Gasteiger partial charge < -0.3 is 0 Å². The molecule has 0 bridgehead atoms. The Bertz CT molecular complexity index is 551. The molecule has 0 aliphatic heterocycles. The molecule has 1 aromatic heterocycles. The Labute approximate surface area is 117 Å². The van der Waals surface area contributed by atoms with Gasteiger partial charge in [-0.3, -0.25) is 4.98 Å². The summed E-state index contributed by atoms with van der Waals surface area (Å²) in [6, 6.07) is 10.7. The number of rotatable bonds is 1. The molecule has 1 nitrogen and oxygen atoms in total. The van der Waals surface area contributed by atoms with Crippen LogP contribution in [0.1, 0.15) is 53.2 Å². The van der Waals surface area contributed by atoms with Crippen LogP contribution in [0.15, 0.2) is 36.5 Å². The first-order valence-electron chi connectivity index (χ1n) is 7.05. The number of pyridine rings is 1. The molecule has 0 atom stereocenters. The summed E-state index contributed by atoms with van der Waals surface area (Å²) < 4.78 is 0. The predicted octanol–water partition coefficient (Wildman–Crippen LogP) is 5.41. The molecule has 0 amide bonds. The van der Waals surface area contributed by atoms with Crippen LogP contribution in [0, 0.1) is 10.8 Å². The maximum atomic E-state index is 4.74. The fourth-order valence-electron chi connectivity index (χ4n) is 3.49. The highest BCUT2D eigenvalue weighted by atomic mass is 14.7. The minimum Gasteiger partial charge on any atom is -0.260 e. The zero-order valence-electron chi connectivity index (χ0n) is 13.0. The summed E-state index contributed by atoms with van der Waals surface area (Å²) in [5.74, 6) is 0.422. The summed E-state index contributed by atoms with van der Waals surface area (Å²) in [4.78, 5) is 4.74. The zero-order valence-corrected chi connectivity index (χ0v) is 13.0. The maximum Gasteiger partial charge on any atom is 0.0523 e. The maximum absolute atomic E-state index is 4.74. The van der Waals surface area contributed by atoms with Crippen molar-refractivity contribution in [1.82, 2.24) is 4.98 Å². The second-order valence-corrected chi connectivity index (χ2v) is 7.58. The molecule has 0 radical (unpaired) electrons. The molecule has 0 aliphatic rings. The minimum atomic E-state index is 0.190. The van der Waals surface area contributed by atoms with E-state index in [1.165, 1.54) is 16.5 Å². The molecule has 0 saturated carbocycles. The van der Waals surface area contributed by atoms with Crippen LogP contribution in [0.3, 0.4) is 0 Å². The van der Waals surface area contributed by atoms with Crippen LogP contribution in [0.2, 0.25) is 0 Å². The highest BCUT2D eigenvalue weighted by Gasteiger charge is 2.37. The van der Waals surface area contributed by atoms with E-state index in [0.29, 0.717) is 5.92 Å². The van der Waals surface area contributed by atoms with E-state index in [0.717, 1.165) is 0 Å². The second-order valence-electron chi connectivity index (χ2n) is 7.58. The van der Waals surface area contributed by atoms with Crippen molar-refractivity contribution < 1.29 is 0 Å². The minimum absolute atomic E-state index is 0.190. The smallest absolute Gasteiger partial charge is 0.0523 e. The highest BCUT2D eigenvalue weighted by Crippen LogP contribution is 2.48. The largest absolute Gasteiger partial charge is 0.260 e. The topological polar surface area (TPSA) is 12.9 Å². The number of hydrogen-bond donors (Lipinski definition) is 0. The molecule has 19 heavy (non-hydrogen) atoms. The summed E-state index contributed by atoms with van der Waals surface area (Å²) in [5, 5.41) is 2.57. The van der Waals surface area contributed by atoms with Gasteiger partial charge in [0.1, 0.15) is 0 Å². The van der Waals surface area contributed by atoms with Gasteiger partial charge in [-0.15, -0.1) is 0 Å². The lowest BCUT2D eigenvalue weighted by Gasteiger charge is -2.40.